The third-order valence-electron chi connectivity index (χ3n) is 7.80. The second-order valence-electron chi connectivity index (χ2n) is 14.7. The second-order valence-corrected chi connectivity index (χ2v) is 14.7. The van der Waals surface area contributed by atoms with Gasteiger partial charge < -0.3 is 71.4 Å². The molecule has 0 aromatic heterocycles. The Labute approximate surface area is 343 Å². The van der Waals surface area contributed by atoms with Crippen LogP contribution in [0.4, 0.5) is 0 Å². The van der Waals surface area contributed by atoms with Gasteiger partial charge in [-0.3, -0.25) is 0 Å². The van der Waals surface area contributed by atoms with E-state index < -0.39 is 0 Å². The molecule has 0 radical (unpaired) electrons. The van der Waals surface area contributed by atoms with E-state index in [4.69, 9.17) is 71.4 Å². The number of rotatable bonds is 44. The predicted octanol–water partition coefficient (Wildman–Crippen LogP) is 3.99. The van der Waals surface area contributed by atoms with Crippen LogP contribution in [0.3, 0.4) is 0 Å². The topological polar surface area (TPSA) is 149 Å². The molecule has 57 heavy (non-hydrogen) atoms. The third kappa shape index (κ3) is 37.2. The first kappa shape index (κ1) is 53.5. The highest BCUT2D eigenvalue weighted by molar-refractivity contribution is 5.31. The molecule has 0 bridgehead atoms. The van der Waals surface area contributed by atoms with E-state index in [2.05, 4.69) is 46.8 Å². The Kier molecular flexibility index (Phi) is 36.3. The van der Waals surface area contributed by atoms with Crippen molar-refractivity contribution in [3.63, 3.8) is 0 Å². The number of hydrogen-bond acceptors (Lipinski definition) is 15. The summed E-state index contributed by atoms with van der Waals surface area (Å²) in [5, 5.41) is 8.60. The van der Waals surface area contributed by atoms with Crippen molar-refractivity contribution in [1.29, 1.82) is 0 Å². The van der Waals surface area contributed by atoms with E-state index in [0.717, 1.165) is 12.2 Å². The van der Waals surface area contributed by atoms with Gasteiger partial charge in [0.15, 0.2) is 0 Å². The number of aliphatic hydroxyl groups is 1. The van der Waals surface area contributed by atoms with Gasteiger partial charge in [0.05, 0.1) is 178 Å². The Morgan fingerprint density at radius 1 is 0.333 bits per heavy atom. The molecule has 0 aliphatic heterocycles. The zero-order valence-corrected chi connectivity index (χ0v) is 36.0. The van der Waals surface area contributed by atoms with Crippen molar-refractivity contribution in [2.75, 3.05) is 185 Å². The van der Waals surface area contributed by atoms with Gasteiger partial charge in [-0.05, 0) is 34.9 Å². The Balaban J connectivity index is 1.69. The van der Waals surface area contributed by atoms with Crippen LogP contribution in [0.1, 0.15) is 46.6 Å². The van der Waals surface area contributed by atoms with Crippen molar-refractivity contribution in [2.24, 2.45) is 5.41 Å². The fourth-order valence-electron chi connectivity index (χ4n) is 5.45. The van der Waals surface area contributed by atoms with Crippen LogP contribution in [0.25, 0.3) is 0 Å². The van der Waals surface area contributed by atoms with Gasteiger partial charge in [-0.2, -0.15) is 0 Å². The lowest BCUT2D eigenvalue weighted by Gasteiger charge is -2.33. The maximum atomic E-state index is 8.60. The number of ether oxygens (including phenoxy) is 14. The molecule has 0 aliphatic rings. The SMILES string of the molecule is CC(C)(C)CC(C)(C)c1ccc(OCCOCCOCCOCCOCCOCCOCCOCCOCCOCCOCCOCCOCCOCCO)cc1. The van der Waals surface area contributed by atoms with Crippen molar-refractivity contribution < 1.29 is 71.4 Å². The lowest BCUT2D eigenvalue weighted by atomic mass is 9.72. The fraction of sp³-hybridized carbons (Fsp3) is 0.857. The van der Waals surface area contributed by atoms with Crippen LogP contribution in [-0.4, -0.2) is 190 Å². The van der Waals surface area contributed by atoms with Gasteiger partial charge in [-0.1, -0.05) is 46.8 Å². The molecule has 1 rings (SSSR count). The van der Waals surface area contributed by atoms with Gasteiger partial charge >= 0.3 is 0 Å². The van der Waals surface area contributed by atoms with Crippen molar-refractivity contribution in [2.45, 2.75) is 46.5 Å². The normalized spacial score (nSPS) is 12.2. The molecular weight excluding hydrogens is 744 g/mol. The van der Waals surface area contributed by atoms with Crippen LogP contribution >= 0.6 is 0 Å². The summed E-state index contributed by atoms with van der Waals surface area (Å²) in [6, 6.07) is 8.42. The molecule has 1 N–H and O–H groups in total. The summed E-state index contributed by atoms with van der Waals surface area (Å²) in [7, 11) is 0. The van der Waals surface area contributed by atoms with Crippen molar-refractivity contribution in [3.05, 3.63) is 29.8 Å². The molecule has 0 spiro atoms. The lowest BCUT2D eigenvalue weighted by Crippen LogP contribution is -2.24. The van der Waals surface area contributed by atoms with Crippen molar-refractivity contribution in [1.82, 2.24) is 0 Å². The first-order chi connectivity index (χ1) is 27.7. The molecule has 0 amide bonds. The Bertz CT molecular complexity index is 962. The molecule has 0 heterocycles. The highest BCUT2D eigenvalue weighted by Gasteiger charge is 2.27. The fourth-order valence-corrected chi connectivity index (χ4v) is 5.45. The Morgan fingerprint density at radius 3 is 0.789 bits per heavy atom. The lowest BCUT2D eigenvalue weighted by molar-refractivity contribution is -0.0293. The summed E-state index contributed by atoms with van der Waals surface area (Å²) < 4.78 is 76.8. The standard InChI is InChI=1S/C42H78O15/c1-41(2,3)38-42(4,5)39-6-8-40(9-7-39)57-37-36-56-35-34-55-33-32-54-31-30-53-29-28-52-27-26-51-25-24-50-23-22-49-21-20-48-19-18-47-17-16-46-15-14-45-13-12-44-11-10-43/h6-9,43H,10-38H2,1-5H3. The quantitative estimate of drug-likeness (QED) is 0.0946. The zero-order chi connectivity index (χ0) is 41.4. The minimum atomic E-state index is 0.0228. The summed E-state index contributed by atoms with van der Waals surface area (Å²) in [4.78, 5) is 0. The Hall–Kier alpha value is -1.54. The third-order valence-corrected chi connectivity index (χ3v) is 7.80. The molecule has 0 aliphatic carbocycles. The molecular formula is C42H78O15. The van der Waals surface area contributed by atoms with E-state index in [9.17, 15) is 0 Å². The van der Waals surface area contributed by atoms with Gasteiger partial charge in [0, 0.05) is 0 Å². The van der Waals surface area contributed by atoms with Crippen LogP contribution in [0.15, 0.2) is 24.3 Å². The zero-order valence-electron chi connectivity index (χ0n) is 36.0. The van der Waals surface area contributed by atoms with Crippen LogP contribution in [0.2, 0.25) is 0 Å². The first-order valence-corrected chi connectivity index (χ1v) is 20.6. The minimum absolute atomic E-state index is 0.0228. The largest absolute Gasteiger partial charge is 0.491 e. The van der Waals surface area contributed by atoms with E-state index >= 15 is 0 Å². The summed E-state index contributed by atoms with van der Waals surface area (Å²) in [6.45, 7) is 24.8. The molecule has 0 fully saturated rings. The number of hydrogen-bond donors (Lipinski definition) is 1. The first-order valence-electron chi connectivity index (χ1n) is 20.6. The van der Waals surface area contributed by atoms with Crippen molar-refractivity contribution in [3.8, 4) is 5.75 Å². The van der Waals surface area contributed by atoms with Crippen LogP contribution in [-0.2, 0) is 67.0 Å². The van der Waals surface area contributed by atoms with Gasteiger partial charge in [0.2, 0.25) is 0 Å². The molecule has 1 aromatic rings. The summed E-state index contributed by atoms with van der Waals surface area (Å²) in [5.74, 6) is 0.858. The highest BCUT2D eigenvalue weighted by atomic mass is 16.6. The van der Waals surface area contributed by atoms with E-state index in [1.165, 1.54) is 5.56 Å². The van der Waals surface area contributed by atoms with E-state index in [0.29, 0.717) is 178 Å². The smallest absolute Gasteiger partial charge is 0.119 e. The molecule has 1 aromatic carbocycles. The minimum Gasteiger partial charge on any atom is -0.491 e. The van der Waals surface area contributed by atoms with Gasteiger partial charge in [-0.15, -0.1) is 0 Å². The maximum Gasteiger partial charge on any atom is 0.119 e. The number of benzene rings is 1. The van der Waals surface area contributed by atoms with Crippen molar-refractivity contribution >= 4 is 0 Å². The molecule has 15 heteroatoms. The van der Waals surface area contributed by atoms with E-state index in [-0.39, 0.29) is 17.4 Å². The molecule has 0 atom stereocenters. The molecule has 336 valence electrons. The average Bonchev–Trinajstić information content (AvgIpc) is 3.17. The molecule has 0 saturated carbocycles. The summed E-state index contributed by atoms with van der Waals surface area (Å²) in [5.41, 5.74) is 1.72. The van der Waals surface area contributed by atoms with Crippen LogP contribution in [0, 0.1) is 5.41 Å². The average molecular weight is 823 g/mol. The predicted molar refractivity (Wildman–Crippen MR) is 217 cm³/mol. The highest BCUT2D eigenvalue weighted by Crippen LogP contribution is 2.36. The summed E-state index contributed by atoms with van der Waals surface area (Å²) in [6.07, 6.45) is 1.12. The molecule has 15 nitrogen and oxygen atoms in total. The van der Waals surface area contributed by atoms with Crippen LogP contribution in [0.5, 0.6) is 5.75 Å². The van der Waals surface area contributed by atoms with Crippen LogP contribution < -0.4 is 4.74 Å². The van der Waals surface area contributed by atoms with Gasteiger partial charge in [-0.25, -0.2) is 0 Å². The summed E-state index contributed by atoms with van der Waals surface area (Å²) >= 11 is 0. The molecule has 0 unspecified atom stereocenters. The van der Waals surface area contributed by atoms with Gasteiger partial charge in [0.1, 0.15) is 12.4 Å². The van der Waals surface area contributed by atoms with E-state index in [1.807, 2.05) is 12.1 Å². The van der Waals surface area contributed by atoms with E-state index in [1.54, 1.807) is 0 Å². The number of aliphatic hydroxyl groups excluding tert-OH is 1. The van der Waals surface area contributed by atoms with Gasteiger partial charge in [0.25, 0.3) is 0 Å². The monoisotopic (exact) mass is 823 g/mol. The maximum absolute atomic E-state index is 8.60. The Morgan fingerprint density at radius 2 is 0.561 bits per heavy atom. The second kappa shape index (κ2) is 38.6. The molecule has 0 saturated heterocycles.